The number of carbonyl (C=O) groups excluding carboxylic acids is 1. The second-order valence-corrected chi connectivity index (χ2v) is 5.48. The van der Waals surface area contributed by atoms with E-state index < -0.39 is 0 Å². The number of hydrogen-bond donors (Lipinski definition) is 2. The predicted molar refractivity (Wildman–Crippen MR) is 80.6 cm³/mol. The molecule has 1 aromatic heterocycles. The summed E-state index contributed by atoms with van der Waals surface area (Å²) in [7, 11) is 0. The van der Waals surface area contributed by atoms with Gasteiger partial charge in [-0.2, -0.15) is 0 Å². The van der Waals surface area contributed by atoms with Gasteiger partial charge in [0.2, 0.25) is 5.91 Å². The highest BCUT2D eigenvalue weighted by molar-refractivity contribution is 5.94. The summed E-state index contributed by atoms with van der Waals surface area (Å²) < 4.78 is 0. The van der Waals surface area contributed by atoms with E-state index in [0.29, 0.717) is 6.04 Å². The van der Waals surface area contributed by atoms with Crippen LogP contribution in [0, 0.1) is 5.92 Å². The zero-order chi connectivity index (χ0) is 13.9. The molecule has 1 aliphatic heterocycles. The van der Waals surface area contributed by atoms with Crippen LogP contribution in [0.3, 0.4) is 0 Å². The number of piperidine rings is 1. The van der Waals surface area contributed by atoms with Crippen LogP contribution < -0.4 is 10.6 Å². The van der Waals surface area contributed by atoms with Gasteiger partial charge >= 0.3 is 0 Å². The molecule has 2 heterocycles. The monoisotopic (exact) mass is 269 g/mol. The van der Waals surface area contributed by atoms with Crippen LogP contribution in [0.1, 0.15) is 19.8 Å². The molecule has 1 aromatic carbocycles. The molecule has 1 aliphatic rings. The van der Waals surface area contributed by atoms with Crippen molar-refractivity contribution in [1.82, 2.24) is 10.3 Å². The molecule has 104 valence electrons. The van der Waals surface area contributed by atoms with E-state index in [4.69, 9.17) is 0 Å². The molecule has 1 saturated heterocycles. The lowest BCUT2D eigenvalue weighted by Crippen LogP contribution is -2.40. The van der Waals surface area contributed by atoms with Crippen molar-refractivity contribution in [2.75, 3.05) is 11.9 Å². The zero-order valence-corrected chi connectivity index (χ0v) is 11.6. The molecule has 4 heteroatoms. The van der Waals surface area contributed by atoms with E-state index in [9.17, 15) is 4.79 Å². The summed E-state index contributed by atoms with van der Waals surface area (Å²) in [6.07, 6.45) is 3.52. The van der Waals surface area contributed by atoms with Crippen LogP contribution in [-0.2, 0) is 4.79 Å². The quantitative estimate of drug-likeness (QED) is 0.881. The minimum absolute atomic E-state index is 0.0951. The van der Waals surface area contributed by atoms with Crippen molar-refractivity contribution < 1.29 is 4.79 Å². The molecule has 20 heavy (non-hydrogen) atoms. The van der Waals surface area contributed by atoms with E-state index in [1.165, 1.54) is 0 Å². The molecule has 0 radical (unpaired) electrons. The van der Waals surface area contributed by atoms with Crippen molar-refractivity contribution in [2.24, 2.45) is 5.92 Å². The Morgan fingerprint density at radius 3 is 3.10 bits per heavy atom. The molecule has 4 nitrogen and oxygen atoms in total. The number of nitrogens with one attached hydrogen (secondary N) is 2. The Morgan fingerprint density at radius 1 is 1.40 bits per heavy atom. The molecule has 2 N–H and O–H groups in total. The first-order valence-corrected chi connectivity index (χ1v) is 7.11. The first-order valence-electron chi connectivity index (χ1n) is 7.11. The second kappa shape index (κ2) is 5.59. The normalized spacial score (nSPS) is 22.6. The maximum atomic E-state index is 12.3. The highest BCUT2D eigenvalue weighted by Gasteiger charge is 2.24. The molecule has 0 saturated carbocycles. The van der Waals surface area contributed by atoms with Crippen molar-refractivity contribution in [3.8, 4) is 0 Å². The van der Waals surface area contributed by atoms with Crippen molar-refractivity contribution >= 4 is 22.5 Å². The Balaban J connectivity index is 1.73. The Kier molecular flexibility index (Phi) is 3.65. The highest BCUT2D eigenvalue weighted by atomic mass is 16.1. The van der Waals surface area contributed by atoms with Crippen LogP contribution in [0.25, 0.3) is 10.9 Å². The van der Waals surface area contributed by atoms with Gasteiger partial charge in [-0.3, -0.25) is 9.78 Å². The number of rotatable bonds is 2. The van der Waals surface area contributed by atoms with Crippen LogP contribution in [0.5, 0.6) is 0 Å². The fraction of sp³-hybridized carbons (Fsp3) is 0.375. The first kappa shape index (κ1) is 13.1. The summed E-state index contributed by atoms with van der Waals surface area (Å²) in [5, 5.41) is 7.40. The SMILES string of the molecule is CC1CC(C(=O)Nc2cnc3ccccc3c2)CCN1. The minimum atomic E-state index is 0.0951. The number of nitrogens with zero attached hydrogens (tertiary/aromatic N) is 1. The van der Waals surface area contributed by atoms with Crippen molar-refractivity contribution in [3.05, 3.63) is 36.5 Å². The number of amides is 1. The van der Waals surface area contributed by atoms with Gasteiger partial charge in [-0.1, -0.05) is 18.2 Å². The predicted octanol–water partition coefficient (Wildman–Crippen LogP) is 2.56. The Labute approximate surface area is 118 Å². The molecular formula is C16H19N3O. The lowest BCUT2D eigenvalue weighted by atomic mass is 9.92. The number of carbonyl (C=O) groups is 1. The topological polar surface area (TPSA) is 54.0 Å². The zero-order valence-electron chi connectivity index (χ0n) is 11.6. The lowest BCUT2D eigenvalue weighted by Gasteiger charge is -2.27. The lowest BCUT2D eigenvalue weighted by molar-refractivity contribution is -0.120. The summed E-state index contributed by atoms with van der Waals surface area (Å²) >= 11 is 0. The van der Waals surface area contributed by atoms with Gasteiger partial charge in [0, 0.05) is 17.3 Å². The van der Waals surface area contributed by atoms with E-state index in [1.807, 2.05) is 30.3 Å². The van der Waals surface area contributed by atoms with E-state index in [1.54, 1.807) is 6.20 Å². The number of hydrogen-bond acceptors (Lipinski definition) is 3. The van der Waals surface area contributed by atoms with Crippen LogP contribution in [0.4, 0.5) is 5.69 Å². The van der Waals surface area contributed by atoms with Crippen LogP contribution >= 0.6 is 0 Å². The molecule has 0 aliphatic carbocycles. The Bertz CT molecular complexity index is 626. The second-order valence-electron chi connectivity index (χ2n) is 5.48. The average Bonchev–Trinajstić information content (AvgIpc) is 2.47. The van der Waals surface area contributed by atoms with Gasteiger partial charge in [0.05, 0.1) is 17.4 Å². The third-order valence-corrected chi connectivity index (χ3v) is 3.85. The molecule has 2 atom stereocenters. The van der Waals surface area contributed by atoms with Gasteiger partial charge in [0.25, 0.3) is 0 Å². The highest BCUT2D eigenvalue weighted by Crippen LogP contribution is 2.20. The first-order chi connectivity index (χ1) is 9.72. The summed E-state index contributed by atoms with van der Waals surface area (Å²) in [5.74, 6) is 0.202. The van der Waals surface area contributed by atoms with E-state index >= 15 is 0 Å². The molecule has 0 spiro atoms. The Hall–Kier alpha value is -1.94. The standard InChI is InChI=1S/C16H19N3O/c1-11-8-13(6-7-17-11)16(20)19-14-9-12-4-2-3-5-15(12)18-10-14/h2-5,9-11,13,17H,6-8H2,1H3,(H,19,20). The summed E-state index contributed by atoms with van der Waals surface area (Å²) in [5.41, 5.74) is 1.72. The van der Waals surface area contributed by atoms with Crippen molar-refractivity contribution in [2.45, 2.75) is 25.8 Å². The van der Waals surface area contributed by atoms with Crippen molar-refractivity contribution in [3.63, 3.8) is 0 Å². The number of benzene rings is 1. The van der Waals surface area contributed by atoms with E-state index in [2.05, 4.69) is 22.5 Å². The third-order valence-electron chi connectivity index (χ3n) is 3.85. The smallest absolute Gasteiger partial charge is 0.227 e. The fourth-order valence-electron chi connectivity index (χ4n) is 2.75. The van der Waals surface area contributed by atoms with Crippen LogP contribution in [0.2, 0.25) is 0 Å². The van der Waals surface area contributed by atoms with Gasteiger partial charge in [0.1, 0.15) is 0 Å². The van der Waals surface area contributed by atoms with Crippen LogP contribution in [0.15, 0.2) is 36.5 Å². The van der Waals surface area contributed by atoms with Crippen molar-refractivity contribution in [1.29, 1.82) is 0 Å². The summed E-state index contributed by atoms with van der Waals surface area (Å²) in [6, 6.07) is 10.3. The van der Waals surface area contributed by atoms with E-state index in [-0.39, 0.29) is 11.8 Å². The number of aromatic nitrogens is 1. The molecule has 2 unspecified atom stereocenters. The molecule has 1 fully saturated rings. The van der Waals surface area contributed by atoms with Gasteiger partial charge in [-0.25, -0.2) is 0 Å². The number of anilines is 1. The molecule has 1 amide bonds. The third kappa shape index (κ3) is 2.80. The van der Waals surface area contributed by atoms with E-state index in [0.717, 1.165) is 36.0 Å². The summed E-state index contributed by atoms with van der Waals surface area (Å²) in [6.45, 7) is 3.03. The minimum Gasteiger partial charge on any atom is -0.324 e. The average molecular weight is 269 g/mol. The maximum Gasteiger partial charge on any atom is 0.227 e. The molecular weight excluding hydrogens is 250 g/mol. The Morgan fingerprint density at radius 2 is 2.25 bits per heavy atom. The number of pyridine rings is 1. The van der Waals surface area contributed by atoms with Gasteiger partial charge in [-0.15, -0.1) is 0 Å². The van der Waals surface area contributed by atoms with Gasteiger partial charge in [0.15, 0.2) is 0 Å². The number of para-hydroxylation sites is 1. The van der Waals surface area contributed by atoms with Gasteiger partial charge < -0.3 is 10.6 Å². The number of fused-ring (bicyclic) bond motifs is 1. The summed E-state index contributed by atoms with van der Waals surface area (Å²) in [4.78, 5) is 16.6. The van der Waals surface area contributed by atoms with Gasteiger partial charge in [-0.05, 0) is 38.4 Å². The largest absolute Gasteiger partial charge is 0.324 e. The maximum absolute atomic E-state index is 12.3. The van der Waals surface area contributed by atoms with Crippen LogP contribution in [-0.4, -0.2) is 23.5 Å². The molecule has 2 aromatic rings. The molecule has 3 rings (SSSR count). The molecule has 0 bridgehead atoms. The fourth-order valence-corrected chi connectivity index (χ4v) is 2.75.